The highest BCUT2D eigenvalue weighted by atomic mass is 15.0. The lowest BCUT2D eigenvalue weighted by Crippen LogP contribution is -2.28. The molecule has 2 aliphatic rings. The van der Waals surface area contributed by atoms with Crippen LogP contribution in [0.25, 0.3) is 0 Å². The molecule has 0 aromatic carbocycles. The summed E-state index contributed by atoms with van der Waals surface area (Å²) in [7, 11) is 0. The van der Waals surface area contributed by atoms with Crippen molar-refractivity contribution in [3.8, 4) is 6.07 Å². The second kappa shape index (κ2) is 1.71. The Morgan fingerprint density at radius 2 is 2.33 bits per heavy atom. The molecule has 2 heteroatoms. The third kappa shape index (κ3) is 0.650. The van der Waals surface area contributed by atoms with Crippen LogP contribution in [0.1, 0.15) is 12.8 Å². The molecule has 0 unspecified atom stereocenters. The second-order valence-electron chi connectivity index (χ2n) is 3.07. The maximum Gasteiger partial charge on any atom is 0.0659 e. The maximum absolute atomic E-state index is 8.61. The molecule has 1 saturated carbocycles. The van der Waals surface area contributed by atoms with Crippen molar-refractivity contribution in [3.63, 3.8) is 0 Å². The number of nitrogens with one attached hydrogen (secondary N) is 1. The lowest BCUT2D eigenvalue weighted by Gasteiger charge is -2.14. The zero-order valence-electron chi connectivity index (χ0n) is 5.30. The molecule has 0 aromatic rings. The largest absolute Gasteiger partial charge is 0.314 e. The molecule has 1 aliphatic carbocycles. The van der Waals surface area contributed by atoms with Crippen molar-refractivity contribution in [2.75, 3.05) is 6.54 Å². The Morgan fingerprint density at radius 1 is 1.44 bits per heavy atom. The fraction of sp³-hybridized carbons (Fsp3) is 0.857. The summed E-state index contributed by atoms with van der Waals surface area (Å²) >= 11 is 0. The molecular weight excluding hydrogens is 112 g/mol. The highest BCUT2D eigenvalue weighted by molar-refractivity contribution is 5.03. The summed E-state index contributed by atoms with van der Waals surface area (Å²) in [6.07, 6.45) is 2.35. The van der Waals surface area contributed by atoms with Gasteiger partial charge in [-0.05, 0) is 25.3 Å². The number of hydrogen-bond acceptors (Lipinski definition) is 2. The maximum atomic E-state index is 8.61. The fourth-order valence-electron chi connectivity index (χ4n) is 1.99. The number of nitriles is 1. The molecule has 3 atom stereocenters. The van der Waals surface area contributed by atoms with E-state index < -0.39 is 0 Å². The van der Waals surface area contributed by atoms with Crippen LogP contribution in [-0.2, 0) is 0 Å². The summed E-state index contributed by atoms with van der Waals surface area (Å²) in [6, 6.07) is 3.04. The Bertz CT molecular complexity index is 159. The van der Waals surface area contributed by atoms with E-state index in [2.05, 4.69) is 11.4 Å². The van der Waals surface area contributed by atoms with Crippen molar-refractivity contribution < 1.29 is 0 Å². The van der Waals surface area contributed by atoms with Gasteiger partial charge in [0.15, 0.2) is 0 Å². The minimum Gasteiger partial charge on any atom is -0.314 e. The lowest BCUT2D eigenvalue weighted by molar-refractivity contribution is 0.423. The monoisotopic (exact) mass is 122 g/mol. The quantitative estimate of drug-likeness (QED) is 0.508. The summed E-state index contributed by atoms with van der Waals surface area (Å²) in [4.78, 5) is 0. The topological polar surface area (TPSA) is 35.8 Å². The SMILES string of the molecule is N#C[C@H]1C[C@H]2C[C@H]1CN2. The van der Waals surface area contributed by atoms with Crippen LogP contribution in [-0.4, -0.2) is 12.6 Å². The molecule has 0 spiro atoms. The molecule has 48 valence electrons. The first kappa shape index (κ1) is 5.25. The summed E-state index contributed by atoms with van der Waals surface area (Å²) < 4.78 is 0. The van der Waals surface area contributed by atoms with Gasteiger partial charge in [0.25, 0.3) is 0 Å². The van der Waals surface area contributed by atoms with Crippen molar-refractivity contribution >= 4 is 0 Å². The molecule has 0 amide bonds. The van der Waals surface area contributed by atoms with Crippen LogP contribution in [0, 0.1) is 23.2 Å². The third-order valence-corrected chi connectivity index (χ3v) is 2.53. The highest BCUT2D eigenvalue weighted by Gasteiger charge is 2.39. The standard InChI is InChI=1S/C7H10N2/c8-3-5-1-7-2-6(5)4-9-7/h5-7,9H,1-2,4H2/t5-,6+,7+/m1/s1. The van der Waals surface area contributed by atoms with Gasteiger partial charge in [-0.25, -0.2) is 0 Å². The zero-order chi connectivity index (χ0) is 6.27. The van der Waals surface area contributed by atoms with E-state index in [0.29, 0.717) is 17.9 Å². The number of hydrogen-bond donors (Lipinski definition) is 1. The number of rotatable bonds is 0. The van der Waals surface area contributed by atoms with E-state index >= 15 is 0 Å². The zero-order valence-corrected chi connectivity index (χ0v) is 5.30. The molecule has 1 N–H and O–H groups in total. The second-order valence-corrected chi connectivity index (χ2v) is 3.07. The van der Waals surface area contributed by atoms with E-state index in [0.717, 1.165) is 13.0 Å². The van der Waals surface area contributed by atoms with Gasteiger partial charge in [-0.15, -0.1) is 0 Å². The Kier molecular flexibility index (Phi) is 1.000. The van der Waals surface area contributed by atoms with Gasteiger partial charge in [-0.2, -0.15) is 5.26 Å². The summed E-state index contributed by atoms with van der Waals surface area (Å²) in [5.41, 5.74) is 0. The predicted molar refractivity (Wildman–Crippen MR) is 33.6 cm³/mol. The normalized spacial score (nSPS) is 47.2. The van der Waals surface area contributed by atoms with E-state index in [1.54, 1.807) is 0 Å². The number of fused-ring (bicyclic) bond motifs is 2. The molecule has 1 saturated heterocycles. The fourth-order valence-corrected chi connectivity index (χ4v) is 1.99. The van der Waals surface area contributed by atoms with Crippen LogP contribution in [0.2, 0.25) is 0 Å². The van der Waals surface area contributed by atoms with Gasteiger partial charge in [0.05, 0.1) is 12.0 Å². The van der Waals surface area contributed by atoms with Crippen LogP contribution < -0.4 is 5.32 Å². The third-order valence-electron chi connectivity index (χ3n) is 2.53. The van der Waals surface area contributed by atoms with Crippen molar-refractivity contribution in [1.29, 1.82) is 5.26 Å². The molecule has 1 heterocycles. The van der Waals surface area contributed by atoms with Gasteiger partial charge in [-0.1, -0.05) is 0 Å². The van der Waals surface area contributed by atoms with Gasteiger partial charge < -0.3 is 5.32 Å². The number of nitrogens with zero attached hydrogens (tertiary/aromatic N) is 1. The van der Waals surface area contributed by atoms with Crippen LogP contribution in [0.3, 0.4) is 0 Å². The van der Waals surface area contributed by atoms with Crippen molar-refractivity contribution in [1.82, 2.24) is 5.32 Å². The molecular formula is C7H10N2. The molecule has 2 fully saturated rings. The Morgan fingerprint density at radius 3 is 2.67 bits per heavy atom. The smallest absolute Gasteiger partial charge is 0.0659 e. The van der Waals surface area contributed by atoms with Crippen molar-refractivity contribution in [2.24, 2.45) is 11.8 Å². The minimum atomic E-state index is 0.372. The Labute approximate surface area is 54.9 Å². The summed E-state index contributed by atoms with van der Waals surface area (Å²) in [5, 5.41) is 12.0. The average Bonchev–Trinajstić information content (AvgIpc) is 2.45. The van der Waals surface area contributed by atoms with E-state index in [4.69, 9.17) is 5.26 Å². The molecule has 1 aliphatic heterocycles. The van der Waals surface area contributed by atoms with Crippen LogP contribution in [0.5, 0.6) is 0 Å². The molecule has 2 bridgehead atoms. The molecule has 0 aromatic heterocycles. The molecule has 9 heavy (non-hydrogen) atoms. The predicted octanol–water partition coefficient (Wildman–Crippen LogP) is 0.508. The van der Waals surface area contributed by atoms with E-state index in [-0.39, 0.29) is 0 Å². The van der Waals surface area contributed by atoms with Crippen LogP contribution in [0.4, 0.5) is 0 Å². The first-order valence-corrected chi connectivity index (χ1v) is 3.53. The average molecular weight is 122 g/mol. The van der Waals surface area contributed by atoms with Gasteiger partial charge in [0, 0.05) is 6.04 Å². The summed E-state index contributed by atoms with van der Waals surface area (Å²) in [5.74, 6) is 1.05. The first-order valence-electron chi connectivity index (χ1n) is 3.53. The lowest BCUT2D eigenvalue weighted by atomic mass is 9.97. The number of piperidine rings is 1. The van der Waals surface area contributed by atoms with Crippen molar-refractivity contribution in [2.45, 2.75) is 18.9 Å². The van der Waals surface area contributed by atoms with Crippen LogP contribution >= 0.6 is 0 Å². The van der Waals surface area contributed by atoms with E-state index in [1.807, 2.05) is 0 Å². The molecule has 0 radical (unpaired) electrons. The van der Waals surface area contributed by atoms with E-state index in [9.17, 15) is 0 Å². The van der Waals surface area contributed by atoms with Gasteiger partial charge in [-0.3, -0.25) is 0 Å². The minimum absolute atomic E-state index is 0.372. The van der Waals surface area contributed by atoms with Gasteiger partial charge in [0.2, 0.25) is 0 Å². The summed E-state index contributed by atoms with van der Waals surface area (Å²) in [6.45, 7) is 1.09. The highest BCUT2D eigenvalue weighted by Crippen LogP contribution is 2.35. The molecule has 2 rings (SSSR count). The molecule has 2 nitrogen and oxygen atoms in total. The van der Waals surface area contributed by atoms with E-state index in [1.165, 1.54) is 6.42 Å². The first-order chi connectivity index (χ1) is 4.40. The Hall–Kier alpha value is -0.550. The van der Waals surface area contributed by atoms with Gasteiger partial charge >= 0.3 is 0 Å². The Balaban J connectivity index is 2.12. The van der Waals surface area contributed by atoms with Crippen LogP contribution in [0.15, 0.2) is 0 Å². The van der Waals surface area contributed by atoms with Crippen molar-refractivity contribution in [3.05, 3.63) is 0 Å². The van der Waals surface area contributed by atoms with Gasteiger partial charge in [0.1, 0.15) is 0 Å².